The van der Waals surface area contributed by atoms with Crippen LogP contribution in [0, 0.1) is 34.0 Å². The summed E-state index contributed by atoms with van der Waals surface area (Å²) < 4.78 is 11.9. The van der Waals surface area contributed by atoms with E-state index in [9.17, 15) is 19.8 Å². The SMILES string of the molecule is CC(=O)OC1C(OC(=O)C=C(C)C)CC2(C)C3CCC4CC3(CCC2C1(C)C)CC4(O)CO. The molecule has 0 aromatic rings. The highest BCUT2D eigenvalue weighted by Crippen LogP contribution is 2.73. The van der Waals surface area contributed by atoms with E-state index in [1.54, 1.807) is 0 Å². The number of hydrogen-bond acceptors (Lipinski definition) is 6. The van der Waals surface area contributed by atoms with Gasteiger partial charge in [-0.05, 0) is 87.4 Å². The number of rotatable bonds is 4. The van der Waals surface area contributed by atoms with Gasteiger partial charge in [0.15, 0.2) is 0 Å². The number of ether oxygens (including phenoxy) is 2. The summed E-state index contributed by atoms with van der Waals surface area (Å²) >= 11 is 0. The highest BCUT2D eigenvalue weighted by molar-refractivity contribution is 5.82. The zero-order valence-corrected chi connectivity index (χ0v) is 21.1. The van der Waals surface area contributed by atoms with Gasteiger partial charge in [0.25, 0.3) is 0 Å². The second-order valence-electron chi connectivity index (χ2n) is 12.7. The smallest absolute Gasteiger partial charge is 0.331 e. The molecule has 4 rings (SSSR count). The van der Waals surface area contributed by atoms with Gasteiger partial charge in [0.2, 0.25) is 0 Å². The quantitative estimate of drug-likeness (QED) is 0.481. The molecule has 186 valence electrons. The Kier molecular flexibility index (Phi) is 6.05. The van der Waals surface area contributed by atoms with Crippen LogP contribution in [-0.2, 0) is 19.1 Å². The van der Waals surface area contributed by atoms with Gasteiger partial charge in [-0.15, -0.1) is 0 Å². The summed E-state index contributed by atoms with van der Waals surface area (Å²) in [4.78, 5) is 24.7. The summed E-state index contributed by atoms with van der Waals surface area (Å²) in [5.74, 6) is 0.109. The molecule has 0 saturated heterocycles. The lowest BCUT2D eigenvalue weighted by Crippen LogP contribution is -2.64. The maximum atomic E-state index is 12.7. The van der Waals surface area contributed by atoms with E-state index < -0.39 is 17.8 Å². The first kappa shape index (κ1) is 24.7. The normalized spacial score (nSPS) is 45.4. The molecular formula is C27H42O6. The second kappa shape index (κ2) is 8.08. The summed E-state index contributed by atoms with van der Waals surface area (Å²) in [5.41, 5.74) is -0.562. The second-order valence-corrected chi connectivity index (χ2v) is 12.7. The largest absolute Gasteiger partial charge is 0.458 e. The minimum atomic E-state index is -0.974. The van der Waals surface area contributed by atoms with Gasteiger partial charge in [0.05, 0.1) is 12.2 Å². The number of carbonyl (C=O) groups is 2. The van der Waals surface area contributed by atoms with Gasteiger partial charge in [-0.1, -0.05) is 26.3 Å². The third kappa shape index (κ3) is 3.85. The first-order valence-electron chi connectivity index (χ1n) is 12.6. The molecule has 8 atom stereocenters. The molecule has 4 fully saturated rings. The molecule has 4 saturated carbocycles. The molecule has 6 nitrogen and oxygen atoms in total. The van der Waals surface area contributed by atoms with Crippen LogP contribution >= 0.6 is 0 Å². The fourth-order valence-electron chi connectivity index (χ4n) is 9.05. The fourth-order valence-corrected chi connectivity index (χ4v) is 9.05. The monoisotopic (exact) mass is 462 g/mol. The summed E-state index contributed by atoms with van der Waals surface area (Å²) in [7, 11) is 0. The van der Waals surface area contributed by atoms with E-state index in [0.29, 0.717) is 24.7 Å². The summed E-state index contributed by atoms with van der Waals surface area (Å²) in [5, 5.41) is 21.2. The lowest BCUT2D eigenvalue weighted by Gasteiger charge is -2.65. The van der Waals surface area contributed by atoms with Crippen molar-refractivity contribution < 1.29 is 29.3 Å². The van der Waals surface area contributed by atoms with Crippen LogP contribution in [0.3, 0.4) is 0 Å². The van der Waals surface area contributed by atoms with Crippen molar-refractivity contribution in [2.45, 2.75) is 104 Å². The molecule has 4 aliphatic rings. The molecule has 0 aromatic carbocycles. The zero-order valence-electron chi connectivity index (χ0n) is 21.1. The van der Waals surface area contributed by atoms with Gasteiger partial charge in [-0.3, -0.25) is 4.79 Å². The Bertz CT molecular complexity index is 844. The number of allylic oxidation sites excluding steroid dienone is 1. The number of aliphatic hydroxyl groups is 2. The third-order valence-electron chi connectivity index (χ3n) is 9.99. The van der Waals surface area contributed by atoms with Crippen LogP contribution in [0.4, 0.5) is 0 Å². The molecule has 6 heteroatoms. The van der Waals surface area contributed by atoms with E-state index in [2.05, 4.69) is 20.8 Å². The highest BCUT2D eigenvalue weighted by atomic mass is 16.6. The Hall–Kier alpha value is -1.40. The van der Waals surface area contributed by atoms with E-state index in [4.69, 9.17) is 9.47 Å². The Morgan fingerprint density at radius 1 is 1.00 bits per heavy atom. The average molecular weight is 463 g/mol. The van der Waals surface area contributed by atoms with Crippen molar-refractivity contribution in [3.05, 3.63) is 11.6 Å². The number of esters is 2. The maximum absolute atomic E-state index is 12.7. The molecule has 0 aromatic heterocycles. The molecular weight excluding hydrogens is 420 g/mol. The Morgan fingerprint density at radius 2 is 1.70 bits per heavy atom. The van der Waals surface area contributed by atoms with Crippen LogP contribution < -0.4 is 0 Å². The average Bonchev–Trinajstić information content (AvgIpc) is 2.89. The molecule has 1 spiro atoms. The van der Waals surface area contributed by atoms with E-state index in [1.807, 2.05) is 13.8 Å². The summed E-state index contributed by atoms with van der Waals surface area (Å²) in [6, 6.07) is 0. The standard InChI is InChI=1S/C27H42O6/c1-16(2)11-22(30)33-19-13-25(6)20(24(4,5)23(19)32-17(3)29)9-10-26-12-18(7-8-21(25)26)27(31,14-26)15-28/h11,18-21,23,28,31H,7-10,12-15H2,1-6H3. The number of carbonyl (C=O) groups excluding carboxylic acids is 2. The van der Waals surface area contributed by atoms with Gasteiger partial charge in [0.1, 0.15) is 12.2 Å². The van der Waals surface area contributed by atoms with Crippen LogP contribution in [0.1, 0.15) is 86.5 Å². The highest BCUT2D eigenvalue weighted by Gasteiger charge is 2.69. The third-order valence-corrected chi connectivity index (χ3v) is 9.99. The molecule has 8 unspecified atom stereocenters. The van der Waals surface area contributed by atoms with E-state index in [1.165, 1.54) is 13.0 Å². The van der Waals surface area contributed by atoms with Crippen molar-refractivity contribution in [1.82, 2.24) is 0 Å². The van der Waals surface area contributed by atoms with Gasteiger partial charge in [-0.2, -0.15) is 0 Å². The number of fused-ring (bicyclic) bond motifs is 3. The predicted octanol–water partition coefficient (Wildman–Crippen LogP) is 4.17. The first-order valence-corrected chi connectivity index (χ1v) is 12.6. The zero-order chi connectivity index (χ0) is 24.4. The minimum Gasteiger partial charge on any atom is -0.458 e. The molecule has 33 heavy (non-hydrogen) atoms. The van der Waals surface area contributed by atoms with Crippen molar-refractivity contribution in [1.29, 1.82) is 0 Å². The topological polar surface area (TPSA) is 93.1 Å². The van der Waals surface area contributed by atoms with E-state index in [-0.39, 0.29) is 40.7 Å². The van der Waals surface area contributed by atoms with Gasteiger partial charge >= 0.3 is 11.9 Å². The fraction of sp³-hybridized carbons (Fsp3) is 0.852. The summed E-state index contributed by atoms with van der Waals surface area (Å²) in [6.45, 7) is 11.6. The maximum Gasteiger partial charge on any atom is 0.331 e. The molecule has 0 radical (unpaired) electrons. The molecule has 0 aliphatic heterocycles. The van der Waals surface area contributed by atoms with E-state index in [0.717, 1.165) is 37.7 Å². The molecule has 0 amide bonds. The Labute approximate surface area is 198 Å². The van der Waals surface area contributed by atoms with Crippen LogP contribution in [0.15, 0.2) is 11.6 Å². The van der Waals surface area contributed by atoms with Crippen molar-refractivity contribution in [2.24, 2.45) is 34.0 Å². The predicted molar refractivity (Wildman–Crippen MR) is 124 cm³/mol. The number of hydrogen-bond donors (Lipinski definition) is 2. The van der Waals surface area contributed by atoms with Crippen LogP contribution in [0.5, 0.6) is 0 Å². The van der Waals surface area contributed by atoms with Gasteiger partial charge in [-0.25, -0.2) is 4.79 Å². The van der Waals surface area contributed by atoms with Crippen LogP contribution in [-0.4, -0.2) is 46.6 Å². The van der Waals surface area contributed by atoms with Crippen molar-refractivity contribution >= 4 is 11.9 Å². The van der Waals surface area contributed by atoms with Crippen molar-refractivity contribution in [3.63, 3.8) is 0 Å². The first-order chi connectivity index (χ1) is 15.3. The Balaban J connectivity index is 1.72. The van der Waals surface area contributed by atoms with Crippen molar-refractivity contribution in [3.8, 4) is 0 Å². The molecule has 2 bridgehead atoms. The molecule has 0 heterocycles. The molecule has 4 aliphatic carbocycles. The minimum absolute atomic E-state index is 0.0183. The van der Waals surface area contributed by atoms with Crippen molar-refractivity contribution in [2.75, 3.05) is 6.61 Å². The molecule has 2 N–H and O–H groups in total. The lowest BCUT2D eigenvalue weighted by molar-refractivity contribution is -0.234. The summed E-state index contributed by atoms with van der Waals surface area (Å²) in [6.07, 6.45) is 6.71. The number of aliphatic hydroxyl groups excluding tert-OH is 1. The van der Waals surface area contributed by atoms with Crippen LogP contribution in [0.25, 0.3) is 0 Å². The Morgan fingerprint density at radius 3 is 2.30 bits per heavy atom. The van der Waals surface area contributed by atoms with Gasteiger partial charge < -0.3 is 19.7 Å². The van der Waals surface area contributed by atoms with Crippen LogP contribution in [0.2, 0.25) is 0 Å². The lowest BCUT2D eigenvalue weighted by atomic mass is 9.40. The van der Waals surface area contributed by atoms with E-state index >= 15 is 0 Å². The van der Waals surface area contributed by atoms with Gasteiger partial charge in [0, 0.05) is 18.4 Å².